The molecule has 3 aromatic rings. The summed E-state index contributed by atoms with van der Waals surface area (Å²) in [5.41, 5.74) is 2.24. The van der Waals surface area contributed by atoms with Crippen LogP contribution in [0.15, 0.2) is 30.5 Å². The highest BCUT2D eigenvalue weighted by atomic mass is 19.1. The molecule has 40 heavy (non-hydrogen) atoms. The highest BCUT2D eigenvalue weighted by Gasteiger charge is 2.49. The van der Waals surface area contributed by atoms with Crippen LogP contribution in [0.1, 0.15) is 49.8 Å². The first kappa shape index (κ1) is 26.8. The Hall–Kier alpha value is -3.41. The zero-order valence-electron chi connectivity index (χ0n) is 22.6. The van der Waals surface area contributed by atoms with E-state index >= 15 is 0 Å². The van der Waals surface area contributed by atoms with Crippen LogP contribution in [0.3, 0.4) is 0 Å². The minimum atomic E-state index is -0.346. The average Bonchev–Trinajstić information content (AvgIpc) is 2.95. The van der Waals surface area contributed by atoms with Gasteiger partial charge in [0.1, 0.15) is 5.82 Å². The van der Waals surface area contributed by atoms with Crippen LogP contribution >= 0.6 is 0 Å². The van der Waals surface area contributed by atoms with Crippen molar-refractivity contribution in [3.63, 3.8) is 0 Å². The monoisotopic (exact) mass is 551 g/mol. The molecule has 2 N–H and O–H groups in total. The van der Waals surface area contributed by atoms with Gasteiger partial charge in [-0.15, -0.1) is 0 Å². The van der Waals surface area contributed by atoms with E-state index in [0.717, 1.165) is 51.0 Å². The van der Waals surface area contributed by atoms with Gasteiger partial charge in [0.15, 0.2) is 18.2 Å². The Morgan fingerprint density at radius 2 is 1.93 bits per heavy atom. The molecule has 0 radical (unpaired) electrons. The second kappa shape index (κ2) is 11.2. The molecule has 0 atom stereocenters. The van der Waals surface area contributed by atoms with Crippen molar-refractivity contribution in [3.8, 4) is 11.6 Å². The number of nitrogens with one attached hydrogen (secondary N) is 2. The molecular weight excluding hydrogens is 517 g/mol. The first-order valence-electron chi connectivity index (χ1n) is 13.8. The topological polar surface area (TPSA) is 117 Å². The third-order valence-corrected chi connectivity index (χ3v) is 8.31. The molecule has 4 aliphatic heterocycles. The van der Waals surface area contributed by atoms with Crippen molar-refractivity contribution < 1.29 is 28.1 Å². The van der Waals surface area contributed by atoms with Crippen LogP contribution < -0.4 is 20.1 Å². The van der Waals surface area contributed by atoms with Gasteiger partial charge in [-0.25, -0.2) is 14.4 Å². The van der Waals surface area contributed by atoms with Crippen molar-refractivity contribution in [2.24, 2.45) is 0 Å². The second-order valence-corrected chi connectivity index (χ2v) is 10.9. The van der Waals surface area contributed by atoms with Crippen LogP contribution in [-0.2, 0) is 27.2 Å². The van der Waals surface area contributed by atoms with Gasteiger partial charge in [-0.05, 0) is 63.1 Å². The fraction of sp³-hybridized carbons (Fsp3) is 0.517. The van der Waals surface area contributed by atoms with Crippen LogP contribution in [-0.4, -0.2) is 65.5 Å². The summed E-state index contributed by atoms with van der Waals surface area (Å²) in [6, 6.07) is 7.29. The largest absolute Gasteiger partial charge is 0.481 e. The average molecular weight is 552 g/mol. The number of ether oxygens (including phenoxy) is 4. The predicted octanol–water partition coefficient (Wildman–Crippen LogP) is 3.71. The van der Waals surface area contributed by atoms with Crippen LogP contribution in [0.2, 0.25) is 0 Å². The highest BCUT2D eigenvalue weighted by Crippen LogP contribution is 2.46. The summed E-state index contributed by atoms with van der Waals surface area (Å²) in [5.74, 6) is 0.958. The van der Waals surface area contributed by atoms with Gasteiger partial charge >= 0.3 is 0 Å². The molecule has 10 nitrogen and oxygen atoms in total. The molecule has 11 heteroatoms. The Kier molecular flexibility index (Phi) is 7.52. The molecule has 1 aliphatic carbocycles. The summed E-state index contributed by atoms with van der Waals surface area (Å²) in [6.45, 7) is 3.19. The molecular formula is C29H34FN5O5. The van der Waals surface area contributed by atoms with Gasteiger partial charge in [-0.2, -0.15) is 0 Å². The molecule has 0 unspecified atom stereocenters. The standard InChI is InChI=1S/C26H28FN5O4.C3H6O/c1-34-22-5-3-19-23(32-22)17(18(27)13-28-19)6-7-26-10-8-25(9-11-26,15-36-26)29-12-16-2-4-20-24(30-16)31-21(33)14-35-20;1-2-4-3-1/h2-5,13,29H,6-12,14-15H2,1H3,(H,30,31,33);1-3H2. The number of hydrogen-bond donors (Lipinski definition) is 2. The number of halogens is 1. The Morgan fingerprint density at radius 1 is 1.12 bits per heavy atom. The number of fused-ring (bicyclic) bond motifs is 5. The highest BCUT2D eigenvalue weighted by molar-refractivity contribution is 5.94. The fourth-order valence-electron chi connectivity index (χ4n) is 5.62. The predicted molar refractivity (Wildman–Crippen MR) is 145 cm³/mol. The maximum Gasteiger partial charge on any atom is 0.263 e. The van der Waals surface area contributed by atoms with E-state index in [9.17, 15) is 9.18 Å². The fourth-order valence-corrected chi connectivity index (χ4v) is 5.62. The second-order valence-electron chi connectivity index (χ2n) is 10.9. The summed E-state index contributed by atoms with van der Waals surface area (Å²) < 4.78 is 36.5. The Labute approximate surface area is 232 Å². The van der Waals surface area contributed by atoms with E-state index in [-0.39, 0.29) is 29.5 Å². The normalized spacial score (nSPS) is 24.7. The molecule has 4 fully saturated rings. The summed E-state index contributed by atoms with van der Waals surface area (Å²) in [5, 5.41) is 6.41. The van der Waals surface area contributed by atoms with Gasteiger partial charge < -0.3 is 29.6 Å². The van der Waals surface area contributed by atoms with E-state index in [4.69, 9.17) is 18.9 Å². The molecule has 1 amide bonds. The molecule has 3 saturated heterocycles. The molecule has 2 bridgehead atoms. The molecule has 0 spiro atoms. The number of methoxy groups -OCH3 is 1. The van der Waals surface area contributed by atoms with Gasteiger partial charge in [0.25, 0.3) is 5.91 Å². The number of aromatic nitrogens is 3. The number of pyridine rings is 3. The van der Waals surface area contributed by atoms with Crippen molar-refractivity contribution in [1.82, 2.24) is 20.3 Å². The molecule has 7 heterocycles. The minimum absolute atomic E-state index is 0.0171. The van der Waals surface area contributed by atoms with Gasteiger partial charge in [-0.1, -0.05) is 0 Å². The first-order valence-corrected chi connectivity index (χ1v) is 13.8. The van der Waals surface area contributed by atoms with Crippen LogP contribution in [0.25, 0.3) is 11.0 Å². The van der Waals surface area contributed by atoms with E-state index in [1.54, 1.807) is 19.2 Å². The summed E-state index contributed by atoms with van der Waals surface area (Å²) >= 11 is 0. The van der Waals surface area contributed by atoms with Gasteiger partial charge in [0, 0.05) is 36.9 Å². The van der Waals surface area contributed by atoms with Gasteiger partial charge in [0.2, 0.25) is 5.88 Å². The summed E-state index contributed by atoms with van der Waals surface area (Å²) in [4.78, 5) is 24.8. The van der Waals surface area contributed by atoms with E-state index in [1.165, 1.54) is 12.6 Å². The van der Waals surface area contributed by atoms with Crippen molar-refractivity contribution in [2.75, 3.05) is 38.9 Å². The maximum atomic E-state index is 14.8. The van der Waals surface area contributed by atoms with Crippen LogP contribution in [0.4, 0.5) is 10.2 Å². The number of amides is 1. The van der Waals surface area contributed by atoms with Crippen LogP contribution in [0.5, 0.6) is 11.6 Å². The zero-order valence-corrected chi connectivity index (χ0v) is 22.6. The van der Waals surface area contributed by atoms with Gasteiger partial charge in [-0.3, -0.25) is 9.78 Å². The van der Waals surface area contributed by atoms with E-state index < -0.39 is 0 Å². The maximum absolute atomic E-state index is 14.8. The number of rotatable bonds is 7. The first-order chi connectivity index (χ1) is 19.5. The molecule has 1 saturated carbocycles. The third kappa shape index (κ3) is 5.59. The van der Waals surface area contributed by atoms with E-state index in [0.29, 0.717) is 53.6 Å². The van der Waals surface area contributed by atoms with Crippen molar-refractivity contribution in [1.29, 1.82) is 0 Å². The molecule has 212 valence electrons. The number of carbonyl (C=O) groups is 1. The number of nitrogens with zero attached hydrogens (tertiary/aromatic N) is 3. The van der Waals surface area contributed by atoms with Crippen molar-refractivity contribution >= 4 is 22.8 Å². The van der Waals surface area contributed by atoms with Crippen molar-refractivity contribution in [2.45, 2.75) is 62.6 Å². The van der Waals surface area contributed by atoms with Crippen LogP contribution in [0, 0.1) is 5.82 Å². The third-order valence-electron chi connectivity index (χ3n) is 8.31. The molecule has 5 aliphatic rings. The zero-order chi connectivity index (χ0) is 27.6. The lowest BCUT2D eigenvalue weighted by Crippen LogP contribution is -2.61. The summed E-state index contributed by atoms with van der Waals surface area (Å²) in [7, 11) is 1.55. The Balaban J connectivity index is 0.000000666. The lowest BCUT2D eigenvalue weighted by Gasteiger charge is -2.53. The Morgan fingerprint density at radius 3 is 2.62 bits per heavy atom. The number of anilines is 1. The number of hydrogen-bond acceptors (Lipinski definition) is 9. The van der Waals surface area contributed by atoms with Gasteiger partial charge in [0.05, 0.1) is 42.2 Å². The lowest BCUT2D eigenvalue weighted by atomic mass is 9.69. The quantitative estimate of drug-likeness (QED) is 0.453. The van der Waals surface area contributed by atoms with E-state index in [1.807, 2.05) is 12.1 Å². The molecule has 3 aromatic heterocycles. The lowest BCUT2D eigenvalue weighted by molar-refractivity contribution is -0.165. The Bertz CT molecular complexity index is 1370. The van der Waals surface area contributed by atoms with E-state index in [2.05, 4.69) is 25.6 Å². The number of carbonyl (C=O) groups excluding carboxylic acids is 1. The molecule has 8 rings (SSSR count). The smallest absolute Gasteiger partial charge is 0.263 e. The minimum Gasteiger partial charge on any atom is -0.481 e. The van der Waals surface area contributed by atoms with Crippen molar-refractivity contribution in [3.05, 3.63) is 47.5 Å². The SMILES string of the molecule is C1COC1.COc1ccc2ncc(F)c(CCC34CCC(NCc5ccc6c(n5)NC(=O)CO6)(CC3)CO4)c2n1. The molecule has 0 aromatic carbocycles. The number of aryl methyl sites for hydroxylation is 1. The summed E-state index contributed by atoms with van der Waals surface area (Å²) in [6.07, 6.45) is 7.56.